The topological polar surface area (TPSA) is 40.5 Å². The lowest BCUT2D eigenvalue weighted by molar-refractivity contribution is -0.144. The van der Waals surface area contributed by atoms with Gasteiger partial charge >= 0.3 is 24.5 Å². The van der Waals surface area contributed by atoms with E-state index in [9.17, 15) is 49.4 Å². The van der Waals surface area contributed by atoms with Gasteiger partial charge < -0.3 is 5.11 Å². The fourth-order valence-electron chi connectivity index (χ4n) is 5.18. The van der Waals surface area contributed by atoms with E-state index >= 15 is 0 Å². The van der Waals surface area contributed by atoms with Crippen LogP contribution in [0.15, 0.2) is 54.6 Å². The third kappa shape index (κ3) is 7.84. The molecule has 0 spiro atoms. The molecule has 0 saturated carbocycles. The molecule has 0 aliphatic carbocycles. The quantitative estimate of drug-likeness (QED) is 0.256. The molecule has 1 aliphatic heterocycles. The molecule has 2 aromatic rings. The molecule has 41 heavy (non-hydrogen) atoms. The number of carboxylic acid groups (broad SMARTS) is 1. The second kappa shape index (κ2) is 12.1. The van der Waals surface area contributed by atoms with Crippen molar-refractivity contribution < 1.29 is 49.4 Å². The van der Waals surface area contributed by atoms with Gasteiger partial charge in [0.15, 0.2) is 0 Å². The fraction of sp³-hybridized carbons (Fsp3) is 0.483. The van der Waals surface area contributed by atoms with Crippen LogP contribution in [0.5, 0.6) is 0 Å². The molecular weight excluding hydrogens is 565 g/mol. The molecule has 0 radical (unpaired) electrons. The Kier molecular flexibility index (Phi) is 9.57. The molecule has 4 unspecified atom stereocenters. The summed E-state index contributed by atoms with van der Waals surface area (Å²) < 4.78 is 123. The van der Waals surface area contributed by atoms with Gasteiger partial charge in [0.2, 0.25) is 0 Å². The third-order valence-electron chi connectivity index (χ3n) is 7.44. The van der Waals surface area contributed by atoms with Crippen LogP contribution in [0.2, 0.25) is 0 Å². The van der Waals surface area contributed by atoms with E-state index in [2.05, 4.69) is 0 Å². The molecule has 0 aromatic heterocycles. The minimum absolute atomic E-state index is 0.00534. The average molecular weight is 596 g/mol. The molecule has 2 aromatic carbocycles. The second-order valence-electron chi connectivity index (χ2n) is 10.7. The van der Waals surface area contributed by atoms with Gasteiger partial charge in [0.25, 0.3) is 0 Å². The second-order valence-corrected chi connectivity index (χ2v) is 10.7. The van der Waals surface area contributed by atoms with Gasteiger partial charge in [0, 0.05) is 6.04 Å². The third-order valence-corrected chi connectivity index (χ3v) is 7.44. The SMILES string of the molecule is CC(C)/C=C\C(c1cc(C(F)(F)F)ccc1C(F)(F)F)N1CCC(C(C)C(=O)O)CC1c1ccc(C(F)(F)F)cc1. The summed E-state index contributed by atoms with van der Waals surface area (Å²) >= 11 is 0. The number of halogens is 9. The van der Waals surface area contributed by atoms with E-state index in [1.165, 1.54) is 30.0 Å². The first-order valence-electron chi connectivity index (χ1n) is 12.9. The van der Waals surface area contributed by atoms with Crippen molar-refractivity contribution in [3.8, 4) is 0 Å². The molecule has 1 saturated heterocycles. The highest BCUT2D eigenvalue weighted by Gasteiger charge is 2.43. The van der Waals surface area contributed by atoms with E-state index in [1.807, 2.05) is 0 Å². The number of hydrogen-bond donors (Lipinski definition) is 1. The number of rotatable bonds is 7. The fourth-order valence-corrected chi connectivity index (χ4v) is 5.18. The molecule has 1 heterocycles. The molecule has 0 amide bonds. The number of hydrogen-bond acceptors (Lipinski definition) is 2. The van der Waals surface area contributed by atoms with Crippen molar-refractivity contribution in [3.63, 3.8) is 0 Å². The van der Waals surface area contributed by atoms with Crippen LogP contribution in [0, 0.1) is 17.8 Å². The highest BCUT2D eigenvalue weighted by Crippen LogP contribution is 2.47. The Labute approximate surface area is 231 Å². The van der Waals surface area contributed by atoms with Gasteiger partial charge in [0.05, 0.1) is 28.7 Å². The smallest absolute Gasteiger partial charge is 0.416 e. The summed E-state index contributed by atoms with van der Waals surface area (Å²) in [5.41, 5.74) is -3.86. The van der Waals surface area contributed by atoms with E-state index < -0.39 is 70.7 Å². The van der Waals surface area contributed by atoms with E-state index in [-0.39, 0.29) is 30.9 Å². The Morgan fingerprint density at radius 1 is 0.854 bits per heavy atom. The van der Waals surface area contributed by atoms with Crippen LogP contribution in [-0.2, 0) is 23.3 Å². The first kappa shape index (κ1) is 32.5. The Morgan fingerprint density at radius 3 is 1.90 bits per heavy atom. The first-order chi connectivity index (χ1) is 18.8. The number of allylic oxidation sites excluding steroid dienone is 1. The maximum atomic E-state index is 14.1. The van der Waals surface area contributed by atoms with Crippen LogP contribution in [0.4, 0.5) is 39.5 Å². The Hall–Kier alpha value is -3.02. The van der Waals surface area contributed by atoms with Crippen molar-refractivity contribution in [1.82, 2.24) is 4.90 Å². The van der Waals surface area contributed by atoms with Crippen LogP contribution in [0.1, 0.15) is 73.5 Å². The van der Waals surface area contributed by atoms with E-state index in [0.717, 1.165) is 12.1 Å². The van der Waals surface area contributed by atoms with Gasteiger partial charge in [-0.1, -0.05) is 45.1 Å². The van der Waals surface area contributed by atoms with Gasteiger partial charge in [-0.25, -0.2) is 0 Å². The summed E-state index contributed by atoms with van der Waals surface area (Å²) in [7, 11) is 0. The Balaban J connectivity index is 2.23. The molecule has 1 aliphatic rings. The van der Waals surface area contributed by atoms with Crippen molar-refractivity contribution in [2.24, 2.45) is 17.8 Å². The molecule has 12 heteroatoms. The zero-order valence-electron chi connectivity index (χ0n) is 22.4. The van der Waals surface area contributed by atoms with Gasteiger partial charge in [-0.3, -0.25) is 9.69 Å². The van der Waals surface area contributed by atoms with Crippen molar-refractivity contribution >= 4 is 5.97 Å². The molecular formula is C29H30F9NO2. The summed E-state index contributed by atoms with van der Waals surface area (Å²) in [4.78, 5) is 13.2. The average Bonchev–Trinajstić information content (AvgIpc) is 2.86. The van der Waals surface area contributed by atoms with Crippen molar-refractivity contribution in [1.29, 1.82) is 0 Å². The summed E-state index contributed by atoms with van der Waals surface area (Å²) in [5, 5.41) is 9.57. The summed E-state index contributed by atoms with van der Waals surface area (Å²) in [6.45, 7) is 4.93. The molecule has 226 valence electrons. The lowest BCUT2D eigenvalue weighted by Gasteiger charge is -2.45. The van der Waals surface area contributed by atoms with Gasteiger partial charge in [0.1, 0.15) is 0 Å². The van der Waals surface area contributed by atoms with Crippen LogP contribution in [-0.4, -0.2) is 22.5 Å². The lowest BCUT2D eigenvalue weighted by Crippen LogP contribution is -2.42. The Morgan fingerprint density at radius 2 is 1.41 bits per heavy atom. The van der Waals surface area contributed by atoms with Crippen molar-refractivity contribution in [3.05, 3.63) is 82.4 Å². The van der Waals surface area contributed by atoms with E-state index in [4.69, 9.17) is 0 Å². The number of aliphatic carboxylic acids is 1. The summed E-state index contributed by atoms with van der Waals surface area (Å²) in [5.74, 6) is -2.64. The van der Waals surface area contributed by atoms with E-state index in [0.29, 0.717) is 18.2 Å². The highest BCUT2D eigenvalue weighted by molar-refractivity contribution is 5.69. The highest BCUT2D eigenvalue weighted by atomic mass is 19.4. The zero-order chi connectivity index (χ0) is 30.9. The van der Waals surface area contributed by atoms with Crippen LogP contribution >= 0.6 is 0 Å². The number of nitrogens with zero attached hydrogens (tertiary/aromatic N) is 1. The molecule has 0 bridgehead atoms. The van der Waals surface area contributed by atoms with Crippen molar-refractivity contribution in [2.45, 2.75) is 64.2 Å². The zero-order valence-corrected chi connectivity index (χ0v) is 22.4. The molecule has 4 atom stereocenters. The van der Waals surface area contributed by atoms with Crippen LogP contribution in [0.25, 0.3) is 0 Å². The van der Waals surface area contributed by atoms with Gasteiger partial charge in [-0.15, -0.1) is 0 Å². The maximum Gasteiger partial charge on any atom is 0.416 e. The van der Waals surface area contributed by atoms with E-state index in [1.54, 1.807) is 19.9 Å². The van der Waals surface area contributed by atoms with Crippen LogP contribution < -0.4 is 0 Å². The minimum atomic E-state index is -5.00. The Bertz CT molecular complexity index is 1230. The molecule has 1 fully saturated rings. The number of carboxylic acids is 1. The first-order valence-corrected chi connectivity index (χ1v) is 12.9. The minimum Gasteiger partial charge on any atom is -0.481 e. The largest absolute Gasteiger partial charge is 0.481 e. The molecule has 3 nitrogen and oxygen atoms in total. The number of benzene rings is 2. The number of carbonyl (C=O) groups is 1. The lowest BCUT2D eigenvalue weighted by atomic mass is 9.78. The predicted molar refractivity (Wildman–Crippen MR) is 134 cm³/mol. The predicted octanol–water partition coefficient (Wildman–Crippen LogP) is 9.17. The standard InChI is InChI=1S/C29H30F9NO2/c1-16(2)4-11-24(22-15-21(28(33,34)35)9-10-23(22)29(36,37)38)39-13-12-19(17(3)26(40)41)14-25(39)18-5-7-20(8-6-18)27(30,31)32/h4-11,15-17,19,24-25H,12-14H2,1-3H3,(H,40,41)/b11-4-. The summed E-state index contributed by atoms with van der Waals surface area (Å²) in [6, 6.07) is 2.99. The number of alkyl halides is 9. The monoisotopic (exact) mass is 595 g/mol. The van der Waals surface area contributed by atoms with Gasteiger partial charge in [-0.05, 0) is 72.7 Å². The maximum absolute atomic E-state index is 14.1. The molecule has 3 rings (SSSR count). The summed E-state index contributed by atoms with van der Waals surface area (Å²) in [6.07, 6.45) is -11.4. The number of piperidine rings is 1. The molecule has 1 N–H and O–H groups in total. The van der Waals surface area contributed by atoms with Crippen LogP contribution in [0.3, 0.4) is 0 Å². The van der Waals surface area contributed by atoms with Crippen molar-refractivity contribution in [2.75, 3.05) is 6.54 Å². The number of likely N-dealkylation sites (tertiary alicyclic amines) is 1. The van der Waals surface area contributed by atoms with Gasteiger partial charge in [-0.2, -0.15) is 39.5 Å². The normalized spacial score (nSPS) is 20.9.